The molecule has 2 aliphatic rings. The van der Waals surface area contributed by atoms with Crippen LogP contribution in [0.5, 0.6) is 0 Å². The van der Waals surface area contributed by atoms with Crippen molar-refractivity contribution in [1.29, 1.82) is 0 Å². The van der Waals surface area contributed by atoms with Crippen LogP contribution in [-0.2, 0) is 14.4 Å². The minimum atomic E-state index is -0.791. The smallest absolute Gasteiger partial charge is 0.304 e. The zero-order valence-corrected chi connectivity index (χ0v) is 23.3. The van der Waals surface area contributed by atoms with Crippen molar-refractivity contribution in [3.8, 4) is 5.69 Å². The van der Waals surface area contributed by atoms with E-state index in [2.05, 4.69) is 28.0 Å². The van der Waals surface area contributed by atoms with Crippen molar-refractivity contribution < 1.29 is 19.5 Å². The molecule has 2 amide bonds. The average Bonchev–Trinajstić information content (AvgIpc) is 3.54. The second-order valence-electron chi connectivity index (χ2n) is 11.0. The maximum Gasteiger partial charge on any atom is 0.304 e. The van der Waals surface area contributed by atoms with Gasteiger partial charge >= 0.3 is 5.97 Å². The lowest BCUT2D eigenvalue weighted by atomic mass is 9.93. The van der Waals surface area contributed by atoms with Gasteiger partial charge in [-0.3, -0.25) is 14.4 Å². The third-order valence-corrected chi connectivity index (χ3v) is 7.81. The van der Waals surface area contributed by atoms with Crippen LogP contribution >= 0.6 is 0 Å². The van der Waals surface area contributed by atoms with Gasteiger partial charge in [-0.05, 0) is 82.4 Å². The summed E-state index contributed by atoms with van der Waals surface area (Å²) in [7, 11) is 0. The number of hydrogen-bond donors (Lipinski definition) is 2. The molecule has 10 heteroatoms. The van der Waals surface area contributed by atoms with Gasteiger partial charge in [0.2, 0.25) is 11.8 Å². The van der Waals surface area contributed by atoms with Gasteiger partial charge in [0.05, 0.1) is 17.8 Å². The number of unbranched alkanes of at least 4 members (excludes halogenated alkanes) is 1. The second-order valence-corrected chi connectivity index (χ2v) is 11.0. The molecule has 10 nitrogen and oxygen atoms in total. The standard InChI is InChI=1S/C29H42N6O4/c1-21-15-22(2)35(31-21)26-17-23(24(18-29(38)39)20-32-9-5-6-10-32)16-25(19-26)33-11-13-34(14-12-33)28(37)8-4-3-7-27(30)36/h15-17,19,24H,3-14,18,20H2,1-2H3,(H2,30,36)(H,38,39). The van der Waals surface area contributed by atoms with Gasteiger partial charge < -0.3 is 25.5 Å². The number of carboxylic acid groups (broad SMARTS) is 1. The van der Waals surface area contributed by atoms with Gasteiger partial charge in [-0.2, -0.15) is 5.10 Å². The highest BCUT2D eigenvalue weighted by Crippen LogP contribution is 2.31. The summed E-state index contributed by atoms with van der Waals surface area (Å²) >= 11 is 0. The van der Waals surface area contributed by atoms with Crippen LogP contribution < -0.4 is 10.6 Å². The van der Waals surface area contributed by atoms with E-state index in [1.165, 1.54) is 0 Å². The molecule has 0 bridgehead atoms. The Morgan fingerprint density at radius 2 is 1.59 bits per heavy atom. The first-order chi connectivity index (χ1) is 18.7. The minimum absolute atomic E-state index is 0.0779. The Morgan fingerprint density at radius 3 is 2.21 bits per heavy atom. The van der Waals surface area contributed by atoms with E-state index in [1.54, 1.807) is 0 Å². The van der Waals surface area contributed by atoms with Crippen molar-refractivity contribution in [2.75, 3.05) is 50.7 Å². The third kappa shape index (κ3) is 7.81. The Morgan fingerprint density at radius 1 is 0.923 bits per heavy atom. The summed E-state index contributed by atoms with van der Waals surface area (Å²) in [6.07, 6.45) is 4.44. The topological polar surface area (TPSA) is 125 Å². The van der Waals surface area contributed by atoms with E-state index in [0.29, 0.717) is 51.9 Å². The summed E-state index contributed by atoms with van der Waals surface area (Å²) in [6.45, 7) is 9.40. The average molecular weight is 539 g/mol. The molecule has 3 N–H and O–H groups in total. The molecule has 2 aromatic rings. The molecule has 2 aliphatic heterocycles. The van der Waals surface area contributed by atoms with Crippen LogP contribution in [0.4, 0.5) is 5.69 Å². The quantitative estimate of drug-likeness (QED) is 0.398. The maximum atomic E-state index is 12.7. The number of amides is 2. The summed E-state index contributed by atoms with van der Waals surface area (Å²) < 4.78 is 1.93. The summed E-state index contributed by atoms with van der Waals surface area (Å²) in [5.74, 6) is -1.13. The predicted octanol–water partition coefficient (Wildman–Crippen LogP) is 2.84. The van der Waals surface area contributed by atoms with Crippen molar-refractivity contribution in [3.63, 3.8) is 0 Å². The number of aromatic nitrogens is 2. The van der Waals surface area contributed by atoms with Crippen LogP contribution in [0.15, 0.2) is 24.3 Å². The molecule has 1 aromatic carbocycles. The van der Waals surface area contributed by atoms with Crippen LogP contribution in [0, 0.1) is 13.8 Å². The van der Waals surface area contributed by atoms with Gasteiger partial charge in [0.25, 0.3) is 0 Å². The number of nitrogens with zero attached hydrogens (tertiary/aromatic N) is 5. The first-order valence-electron chi connectivity index (χ1n) is 14.1. The van der Waals surface area contributed by atoms with E-state index < -0.39 is 5.97 Å². The number of likely N-dealkylation sites (tertiary alicyclic amines) is 1. The van der Waals surface area contributed by atoms with Crippen molar-refractivity contribution in [2.45, 2.75) is 64.7 Å². The SMILES string of the molecule is Cc1cc(C)n(-c2cc(C(CC(=O)O)CN3CCCC3)cc(N3CCN(C(=O)CCCCC(N)=O)CC3)c2)n1. The van der Waals surface area contributed by atoms with Crippen molar-refractivity contribution in [1.82, 2.24) is 19.6 Å². The summed E-state index contributed by atoms with van der Waals surface area (Å²) in [4.78, 5) is 42.1. The first kappa shape index (κ1) is 28.6. The minimum Gasteiger partial charge on any atom is -0.481 e. The number of primary amides is 1. The fourth-order valence-electron chi connectivity index (χ4n) is 5.77. The van der Waals surface area contributed by atoms with Gasteiger partial charge in [0, 0.05) is 62.9 Å². The van der Waals surface area contributed by atoms with Crippen molar-refractivity contribution >= 4 is 23.5 Å². The number of carbonyl (C=O) groups excluding carboxylic acids is 2. The summed E-state index contributed by atoms with van der Waals surface area (Å²) in [6, 6.07) is 8.40. The molecular weight excluding hydrogens is 496 g/mol. The zero-order valence-electron chi connectivity index (χ0n) is 23.3. The largest absolute Gasteiger partial charge is 0.481 e. The zero-order chi connectivity index (χ0) is 27.9. The molecule has 0 spiro atoms. The van der Waals surface area contributed by atoms with E-state index in [-0.39, 0.29) is 24.2 Å². The Balaban J connectivity index is 1.54. The number of carboxylic acids is 1. The molecular formula is C29H42N6O4. The number of aliphatic carboxylic acids is 1. The number of rotatable bonds is 12. The molecule has 0 saturated carbocycles. The van der Waals surface area contributed by atoms with Crippen LogP contribution in [0.1, 0.15) is 67.8 Å². The molecule has 2 fully saturated rings. The van der Waals surface area contributed by atoms with Crippen LogP contribution in [0.2, 0.25) is 0 Å². The molecule has 3 heterocycles. The first-order valence-corrected chi connectivity index (χ1v) is 14.1. The third-order valence-electron chi connectivity index (χ3n) is 7.81. The second kappa shape index (κ2) is 13.1. The number of carbonyl (C=O) groups is 3. The highest BCUT2D eigenvalue weighted by Gasteiger charge is 2.26. The normalized spacial score (nSPS) is 17.0. The lowest BCUT2D eigenvalue weighted by Gasteiger charge is -2.37. The van der Waals surface area contributed by atoms with Gasteiger partial charge in [-0.1, -0.05) is 0 Å². The van der Waals surface area contributed by atoms with Crippen LogP contribution in [0.25, 0.3) is 5.69 Å². The molecule has 4 rings (SSSR count). The molecule has 0 aliphatic carbocycles. The van der Waals surface area contributed by atoms with E-state index in [0.717, 1.165) is 60.8 Å². The number of hydrogen-bond acceptors (Lipinski definition) is 6. The highest BCUT2D eigenvalue weighted by atomic mass is 16.4. The molecule has 2 saturated heterocycles. The summed E-state index contributed by atoms with van der Waals surface area (Å²) in [5, 5.41) is 14.5. The monoisotopic (exact) mass is 538 g/mol. The molecule has 39 heavy (non-hydrogen) atoms. The number of piperazine rings is 1. The van der Waals surface area contributed by atoms with Gasteiger partial charge in [0.1, 0.15) is 0 Å². The fourth-order valence-corrected chi connectivity index (χ4v) is 5.77. The lowest BCUT2D eigenvalue weighted by Crippen LogP contribution is -2.48. The number of aryl methyl sites for hydroxylation is 2. The molecule has 1 unspecified atom stereocenters. The van der Waals surface area contributed by atoms with Crippen molar-refractivity contribution in [3.05, 3.63) is 41.2 Å². The molecule has 1 aromatic heterocycles. The summed E-state index contributed by atoms with van der Waals surface area (Å²) in [5.41, 5.74) is 10.1. The van der Waals surface area contributed by atoms with Crippen molar-refractivity contribution in [2.24, 2.45) is 5.73 Å². The van der Waals surface area contributed by atoms with Gasteiger partial charge in [-0.15, -0.1) is 0 Å². The van der Waals surface area contributed by atoms with Gasteiger partial charge in [0.15, 0.2) is 0 Å². The Bertz CT molecular complexity index is 1160. The van der Waals surface area contributed by atoms with E-state index in [4.69, 9.17) is 10.8 Å². The van der Waals surface area contributed by atoms with E-state index >= 15 is 0 Å². The number of nitrogens with two attached hydrogens (primary N) is 1. The lowest BCUT2D eigenvalue weighted by molar-refractivity contribution is -0.137. The Labute approximate surface area is 230 Å². The van der Waals surface area contributed by atoms with E-state index in [1.807, 2.05) is 29.5 Å². The Kier molecular flexibility index (Phi) is 9.61. The molecule has 1 atom stereocenters. The van der Waals surface area contributed by atoms with Crippen LogP contribution in [-0.4, -0.2) is 88.3 Å². The highest BCUT2D eigenvalue weighted by molar-refractivity contribution is 5.77. The Hall–Kier alpha value is -3.40. The maximum absolute atomic E-state index is 12.7. The molecule has 212 valence electrons. The number of benzene rings is 1. The van der Waals surface area contributed by atoms with E-state index in [9.17, 15) is 19.5 Å². The van der Waals surface area contributed by atoms with Gasteiger partial charge in [-0.25, -0.2) is 4.68 Å². The van der Waals surface area contributed by atoms with Crippen LogP contribution in [0.3, 0.4) is 0 Å². The predicted molar refractivity (Wildman–Crippen MR) is 150 cm³/mol. The molecule has 0 radical (unpaired) electrons. The number of anilines is 1. The fraction of sp³-hybridized carbons (Fsp3) is 0.586.